The minimum atomic E-state index is -0.0994. The Morgan fingerprint density at radius 1 is 1.35 bits per heavy atom. The molecule has 1 amide bonds. The average molecular weight is 290 g/mol. The second-order valence-electron chi connectivity index (χ2n) is 4.41. The van der Waals surface area contributed by atoms with Crippen molar-refractivity contribution in [2.45, 2.75) is 26.8 Å². The van der Waals surface area contributed by atoms with Crippen LogP contribution in [0, 0.1) is 6.92 Å². The fraction of sp³-hybridized carbons (Fsp3) is 0.333. The molecule has 0 aliphatic heterocycles. The zero-order valence-corrected chi connectivity index (χ0v) is 12.5. The quantitative estimate of drug-likeness (QED) is 0.889. The number of aromatic nitrogens is 1. The molecular weight excluding hydrogens is 272 g/mol. The molecule has 2 rings (SSSR count). The number of hydrogen-bond donors (Lipinski definition) is 1. The van der Waals surface area contributed by atoms with Crippen LogP contribution in [-0.2, 0) is 6.54 Å². The summed E-state index contributed by atoms with van der Waals surface area (Å²) in [5.41, 5.74) is 1.52. The molecule has 2 aromatic rings. The summed E-state index contributed by atoms with van der Waals surface area (Å²) in [4.78, 5) is 16.3. The molecule has 5 heteroatoms. The summed E-state index contributed by atoms with van der Waals surface area (Å²) in [5.74, 6) is 0.691. The van der Waals surface area contributed by atoms with Crippen molar-refractivity contribution < 1.29 is 9.53 Å². The van der Waals surface area contributed by atoms with Crippen LogP contribution in [0.1, 0.15) is 34.4 Å². The third-order valence-corrected chi connectivity index (χ3v) is 3.51. The highest BCUT2D eigenvalue weighted by Crippen LogP contribution is 2.13. The second-order valence-corrected chi connectivity index (χ2v) is 5.48. The molecule has 0 aliphatic rings. The van der Waals surface area contributed by atoms with Crippen molar-refractivity contribution in [2.75, 3.05) is 6.61 Å². The van der Waals surface area contributed by atoms with Crippen molar-refractivity contribution in [2.24, 2.45) is 0 Å². The minimum absolute atomic E-state index is 0.0994. The average Bonchev–Trinajstić information content (AvgIpc) is 2.89. The number of aryl methyl sites for hydroxylation is 1. The summed E-state index contributed by atoms with van der Waals surface area (Å²) >= 11 is 1.58. The first-order chi connectivity index (χ1) is 9.69. The lowest BCUT2D eigenvalue weighted by Gasteiger charge is -2.06. The fourth-order valence-electron chi connectivity index (χ4n) is 1.68. The van der Waals surface area contributed by atoms with Gasteiger partial charge in [-0.2, -0.15) is 0 Å². The first-order valence-electron chi connectivity index (χ1n) is 6.61. The molecule has 0 bridgehead atoms. The summed E-state index contributed by atoms with van der Waals surface area (Å²) in [6, 6.07) is 7.17. The third kappa shape index (κ3) is 4.06. The van der Waals surface area contributed by atoms with E-state index in [2.05, 4.69) is 17.2 Å². The Labute approximate surface area is 122 Å². The van der Waals surface area contributed by atoms with Crippen molar-refractivity contribution in [3.63, 3.8) is 0 Å². The van der Waals surface area contributed by atoms with Crippen LogP contribution in [0.5, 0.6) is 5.75 Å². The molecule has 0 atom stereocenters. The number of carbonyl (C=O) groups excluding carboxylic acids is 1. The lowest BCUT2D eigenvalue weighted by molar-refractivity contribution is 0.0950. The molecule has 1 heterocycles. The van der Waals surface area contributed by atoms with Gasteiger partial charge in [-0.3, -0.25) is 4.79 Å². The van der Waals surface area contributed by atoms with E-state index in [0.717, 1.165) is 22.9 Å². The van der Waals surface area contributed by atoms with E-state index in [1.165, 1.54) is 0 Å². The molecule has 0 fully saturated rings. The Morgan fingerprint density at radius 2 is 2.10 bits per heavy atom. The van der Waals surface area contributed by atoms with Gasteiger partial charge in [-0.1, -0.05) is 6.92 Å². The van der Waals surface area contributed by atoms with Gasteiger partial charge in [0.15, 0.2) is 0 Å². The van der Waals surface area contributed by atoms with Crippen molar-refractivity contribution in [3.8, 4) is 5.75 Å². The molecule has 0 unspecified atom stereocenters. The molecule has 0 radical (unpaired) electrons. The van der Waals surface area contributed by atoms with E-state index in [-0.39, 0.29) is 5.91 Å². The van der Waals surface area contributed by atoms with E-state index in [4.69, 9.17) is 4.74 Å². The summed E-state index contributed by atoms with van der Waals surface area (Å²) < 4.78 is 5.48. The first-order valence-corrected chi connectivity index (χ1v) is 7.49. The zero-order valence-electron chi connectivity index (χ0n) is 11.7. The van der Waals surface area contributed by atoms with Gasteiger partial charge in [-0.05, 0) is 37.6 Å². The molecule has 106 valence electrons. The highest BCUT2D eigenvalue weighted by Gasteiger charge is 2.06. The number of nitrogens with one attached hydrogen (secondary N) is 1. The molecule has 0 saturated carbocycles. The molecule has 1 aromatic heterocycles. The summed E-state index contributed by atoms with van der Waals surface area (Å²) in [5, 5.41) is 5.82. The van der Waals surface area contributed by atoms with E-state index in [1.54, 1.807) is 23.5 Å². The van der Waals surface area contributed by atoms with Gasteiger partial charge in [0.2, 0.25) is 0 Å². The number of carbonyl (C=O) groups is 1. The van der Waals surface area contributed by atoms with Crippen molar-refractivity contribution in [1.82, 2.24) is 10.3 Å². The maximum Gasteiger partial charge on any atom is 0.251 e. The van der Waals surface area contributed by atoms with Crippen LogP contribution in [0.15, 0.2) is 29.6 Å². The van der Waals surface area contributed by atoms with E-state index >= 15 is 0 Å². The first kappa shape index (κ1) is 14.5. The molecule has 1 aromatic carbocycles. The number of amides is 1. The highest BCUT2D eigenvalue weighted by molar-refractivity contribution is 7.09. The Morgan fingerprint density at radius 3 is 2.70 bits per heavy atom. The molecule has 4 nitrogen and oxygen atoms in total. The smallest absolute Gasteiger partial charge is 0.251 e. The maximum absolute atomic E-state index is 12.0. The Kier molecular flexibility index (Phi) is 5.12. The van der Waals surface area contributed by atoms with Crippen LogP contribution >= 0.6 is 11.3 Å². The van der Waals surface area contributed by atoms with E-state index < -0.39 is 0 Å². The SMILES string of the molecule is CCCOc1ccc(C(=O)NCc2csc(C)n2)cc1. The van der Waals surface area contributed by atoms with E-state index in [1.807, 2.05) is 24.4 Å². The van der Waals surface area contributed by atoms with Gasteiger partial charge in [0.1, 0.15) is 5.75 Å². The predicted octanol–water partition coefficient (Wildman–Crippen LogP) is 3.17. The largest absolute Gasteiger partial charge is 0.494 e. The highest BCUT2D eigenvalue weighted by atomic mass is 32.1. The van der Waals surface area contributed by atoms with Crippen molar-refractivity contribution >= 4 is 17.2 Å². The topological polar surface area (TPSA) is 51.2 Å². The fourth-order valence-corrected chi connectivity index (χ4v) is 2.30. The number of hydrogen-bond acceptors (Lipinski definition) is 4. The standard InChI is InChI=1S/C15H18N2O2S/c1-3-8-19-14-6-4-12(5-7-14)15(18)16-9-13-10-20-11(2)17-13/h4-7,10H,3,8-9H2,1-2H3,(H,16,18). The Bertz CT molecular complexity index is 564. The number of benzene rings is 1. The van der Waals surface area contributed by atoms with Crippen LogP contribution < -0.4 is 10.1 Å². The summed E-state index contributed by atoms with van der Waals surface area (Å²) in [7, 11) is 0. The van der Waals surface area contributed by atoms with Crippen LogP contribution in [0.25, 0.3) is 0 Å². The summed E-state index contributed by atoms with van der Waals surface area (Å²) in [6.45, 7) is 5.15. The van der Waals surface area contributed by atoms with Gasteiger partial charge >= 0.3 is 0 Å². The molecule has 0 spiro atoms. The molecule has 0 saturated heterocycles. The number of rotatable bonds is 6. The third-order valence-electron chi connectivity index (χ3n) is 2.69. The second kappa shape index (κ2) is 7.05. The lowest BCUT2D eigenvalue weighted by atomic mass is 10.2. The monoisotopic (exact) mass is 290 g/mol. The van der Waals surface area contributed by atoms with E-state index in [9.17, 15) is 4.79 Å². The van der Waals surface area contributed by atoms with Crippen LogP contribution in [0.3, 0.4) is 0 Å². The van der Waals surface area contributed by atoms with Crippen molar-refractivity contribution in [1.29, 1.82) is 0 Å². The van der Waals surface area contributed by atoms with Crippen LogP contribution in [-0.4, -0.2) is 17.5 Å². The van der Waals surface area contributed by atoms with Crippen LogP contribution in [0.4, 0.5) is 0 Å². The molecular formula is C15H18N2O2S. The summed E-state index contributed by atoms with van der Waals surface area (Å²) in [6.07, 6.45) is 0.968. The van der Waals surface area contributed by atoms with Gasteiger partial charge in [-0.25, -0.2) is 4.98 Å². The number of ether oxygens (including phenoxy) is 1. The van der Waals surface area contributed by atoms with Gasteiger partial charge < -0.3 is 10.1 Å². The lowest BCUT2D eigenvalue weighted by Crippen LogP contribution is -2.22. The van der Waals surface area contributed by atoms with Crippen molar-refractivity contribution in [3.05, 3.63) is 45.9 Å². The van der Waals surface area contributed by atoms with E-state index in [0.29, 0.717) is 18.7 Å². The Hall–Kier alpha value is -1.88. The molecule has 0 aliphatic carbocycles. The van der Waals surface area contributed by atoms with Gasteiger partial charge in [0.05, 0.1) is 23.9 Å². The molecule has 20 heavy (non-hydrogen) atoms. The maximum atomic E-state index is 12.0. The number of nitrogens with zero attached hydrogens (tertiary/aromatic N) is 1. The van der Waals surface area contributed by atoms with Gasteiger partial charge in [0.25, 0.3) is 5.91 Å². The number of thiazole rings is 1. The molecule has 1 N–H and O–H groups in total. The van der Waals surface area contributed by atoms with Crippen LogP contribution in [0.2, 0.25) is 0 Å². The Balaban J connectivity index is 1.88. The zero-order chi connectivity index (χ0) is 14.4. The predicted molar refractivity (Wildman–Crippen MR) is 80.2 cm³/mol. The normalized spacial score (nSPS) is 10.3. The minimum Gasteiger partial charge on any atom is -0.494 e. The van der Waals surface area contributed by atoms with Gasteiger partial charge in [-0.15, -0.1) is 11.3 Å². The van der Waals surface area contributed by atoms with Gasteiger partial charge in [0, 0.05) is 10.9 Å².